The number of carbonyl (C=O) groups excluding carboxylic acids is 1. The van der Waals surface area contributed by atoms with Crippen molar-refractivity contribution in [2.24, 2.45) is 0 Å². The minimum absolute atomic E-state index is 0.217. The number of hydrogen-bond acceptors (Lipinski definition) is 5. The number of thiazole rings is 1. The lowest BCUT2D eigenvalue weighted by atomic mass is 10.2. The van der Waals surface area contributed by atoms with Crippen molar-refractivity contribution in [1.82, 2.24) is 15.2 Å². The number of rotatable bonds is 6. The minimum Gasteiger partial charge on any atom is -0.481 e. The van der Waals surface area contributed by atoms with Gasteiger partial charge < -0.3 is 20.4 Å². The first-order valence-electron chi connectivity index (χ1n) is 5.23. The molecule has 0 spiro atoms. The van der Waals surface area contributed by atoms with Crippen LogP contribution in [0.1, 0.15) is 12.1 Å². The van der Waals surface area contributed by atoms with Gasteiger partial charge in [0.1, 0.15) is 6.04 Å². The fourth-order valence-electron chi connectivity index (χ4n) is 1.26. The molecule has 0 aliphatic carbocycles. The summed E-state index contributed by atoms with van der Waals surface area (Å²) in [5, 5.41) is 21.3. The van der Waals surface area contributed by atoms with Crippen molar-refractivity contribution in [3.05, 3.63) is 16.6 Å². The third-order valence-electron chi connectivity index (χ3n) is 2.20. The summed E-state index contributed by atoms with van der Waals surface area (Å²) in [5.41, 5.74) is 2.29. The van der Waals surface area contributed by atoms with Crippen molar-refractivity contribution in [3.8, 4) is 0 Å². The zero-order chi connectivity index (χ0) is 14.4. The van der Waals surface area contributed by atoms with Gasteiger partial charge in [0.25, 0.3) is 0 Å². The summed E-state index contributed by atoms with van der Waals surface area (Å²) in [6.07, 6.45) is -0.675. The lowest BCUT2D eigenvalue weighted by Crippen LogP contribution is -2.47. The van der Waals surface area contributed by atoms with Crippen LogP contribution in [0, 0.1) is 0 Å². The van der Waals surface area contributed by atoms with E-state index in [0.717, 1.165) is 0 Å². The van der Waals surface area contributed by atoms with Gasteiger partial charge in [-0.05, 0) is 0 Å². The number of carboxylic acids is 2. The Morgan fingerprint density at radius 2 is 2.16 bits per heavy atom. The van der Waals surface area contributed by atoms with E-state index in [1.807, 2.05) is 0 Å². The van der Waals surface area contributed by atoms with Gasteiger partial charge >= 0.3 is 18.0 Å². The molecular formula is C10H13N3O5S. The van der Waals surface area contributed by atoms with E-state index in [0.29, 0.717) is 5.69 Å². The van der Waals surface area contributed by atoms with Gasteiger partial charge in [-0.1, -0.05) is 0 Å². The number of aliphatic carboxylic acids is 2. The molecule has 0 saturated heterocycles. The normalized spacial score (nSPS) is 11.6. The predicted molar refractivity (Wildman–Crippen MR) is 65.8 cm³/mol. The third-order valence-corrected chi connectivity index (χ3v) is 2.84. The molecule has 0 saturated carbocycles. The van der Waals surface area contributed by atoms with Crippen molar-refractivity contribution in [3.63, 3.8) is 0 Å². The molecule has 104 valence electrons. The Labute approximate surface area is 112 Å². The average molecular weight is 287 g/mol. The maximum atomic E-state index is 11.7. The van der Waals surface area contributed by atoms with Crippen molar-refractivity contribution >= 4 is 29.3 Å². The third kappa shape index (κ3) is 4.92. The second-order valence-corrected chi connectivity index (χ2v) is 4.49. The fraction of sp³-hybridized carbons (Fsp3) is 0.400. The fourth-order valence-corrected chi connectivity index (χ4v) is 1.81. The predicted octanol–water partition coefficient (Wildman–Crippen LogP) is 0.212. The summed E-state index contributed by atoms with van der Waals surface area (Å²) in [7, 11) is 1.47. The van der Waals surface area contributed by atoms with Gasteiger partial charge in [-0.3, -0.25) is 4.79 Å². The van der Waals surface area contributed by atoms with Gasteiger partial charge in [-0.25, -0.2) is 14.6 Å². The van der Waals surface area contributed by atoms with E-state index in [2.05, 4.69) is 10.3 Å². The van der Waals surface area contributed by atoms with E-state index in [1.54, 1.807) is 10.9 Å². The Kier molecular flexibility index (Phi) is 5.24. The van der Waals surface area contributed by atoms with Crippen molar-refractivity contribution in [1.29, 1.82) is 0 Å². The van der Waals surface area contributed by atoms with Crippen LogP contribution in [0.4, 0.5) is 4.79 Å². The molecule has 9 heteroatoms. The quantitative estimate of drug-likeness (QED) is 0.688. The summed E-state index contributed by atoms with van der Waals surface area (Å²) in [4.78, 5) is 38.2. The zero-order valence-corrected chi connectivity index (χ0v) is 10.9. The summed E-state index contributed by atoms with van der Waals surface area (Å²) in [6, 6.07) is -2.12. The Balaban J connectivity index is 2.56. The molecule has 0 fully saturated rings. The Hall–Kier alpha value is -2.16. The zero-order valence-electron chi connectivity index (χ0n) is 10.1. The molecule has 8 nitrogen and oxygen atoms in total. The molecule has 0 radical (unpaired) electrons. The van der Waals surface area contributed by atoms with E-state index in [-0.39, 0.29) is 6.54 Å². The van der Waals surface area contributed by atoms with Gasteiger partial charge in [-0.2, -0.15) is 0 Å². The molecule has 1 unspecified atom stereocenters. The smallest absolute Gasteiger partial charge is 0.326 e. The Bertz CT molecular complexity index is 462. The van der Waals surface area contributed by atoms with Gasteiger partial charge in [0.05, 0.1) is 24.2 Å². The average Bonchev–Trinajstić information content (AvgIpc) is 2.79. The topological polar surface area (TPSA) is 120 Å². The van der Waals surface area contributed by atoms with Crippen molar-refractivity contribution in [2.75, 3.05) is 7.05 Å². The first-order chi connectivity index (χ1) is 8.90. The van der Waals surface area contributed by atoms with Crippen molar-refractivity contribution in [2.45, 2.75) is 19.0 Å². The lowest BCUT2D eigenvalue weighted by molar-refractivity contribution is -0.145. The first kappa shape index (κ1) is 14.9. The molecule has 3 N–H and O–H groups in total. The van der Waals surface area contributed by atoms with Crippen LogP contribution in [-0.2, 0) is 16.1 Å². The van der Waals surface area contributed by atoms with Crippen LogP contribution in [0.25, 0.3) is 0 Å². The standard InChI is InChI=1S/C10H13N3O5S/c1-13(3-6-4-19-5-11-6)10(18)12-7(9(16)17)2-8(14)15/h4-5,7H,2-3H2,1H3,(H,12,18)(H,14,15)(H,16,17). The minimum atomic E-state index is -1.46. The molecule has 0 aliphatic rings. The highest BCUT2D eigenvalue weighted by molar-refractivity contribution is 7.07. The van der Waals surface area contributed by atoms with Gasteiger partial charge in [0, 0.05) is 12.4 Å². The van der Waals surface area contributed by atoms with Gasteiger partial charge in [0.15, 0.2) is 0 Å². The molecule has 1 aromatic heterocycles. The molecule has 1 heterocycles. The highest BCUT2D eigenvalue weighted by Crippen LogP contribution is 2.04. The number of nitrogens with zero attached hydrogens (tertiary/aromatic N) is 2. The SMILES string of the molecule is CN(Cc1cscn1)C(=O)NC(CC(=O)O)C(=O)O. The molecule has 1 atom stereocenters. The second kappa shape index (κ2) is 6.69. The number of carboxylic acid groups (broad SMARTS) is 2. The molecule has 0 bridgehead atoms. The van der Waals surface area contributed by atoms with Crippen LogP contribution in [0.5, 0.6) is 0 Å². The largest absolute Gasteiger partial charge is 0.481 e. The molecular weight excluding hydrogens is 274 g/mol. The van der Waals surface area contributed by atoms with Crippen LogP contribution < -0.4 is 5.32 Å². The van der Waals surface area contributed by atoms with Crippen LogP contribution in [0.3, 0.4) is 0 Å². The van der Waals surface area contributed by atoms with Crippen LogP contribution in [-0.4, -0.2) is 51.2 Å². The molecule has 1 rings (SSSR count). The monoisotopic (exact) mass is 287 g/mol. The number of carbonyl (C=O) groups is 3. The van der Waals surface area contributed by atoms with Crippen LogP contribution in [0.15, 0.2) is 10.9 Å². The summed E-state index contributed by atoms with van der Waals surface area (Å²) in [6.45, 7) is 0.217. The van der Waals surface area contributed by atoms with Crippen LogP contribution in [0.2, 0.25) is 0 Å². The molecule has 19 heavy (non-hydrogen) atoms. The van der Waals surface area contributed by atoms with E-state index in [9.17, 15) is 14.4 Å². The van der Waals surface area contributed by atoms with Gasteiger partial charge in [0.2, 0.25) is 0 Å². The first-order valence-corrected chi connectivity index (χ1v) is 6.17. The number of urea groups is 1. The highest BCUT2D eigenvalue weighted by Gasteiger charge is 2.24. The number of aromatic nitrogens is 1. The highest BCUT2D eigenvalue weighted by atomic mass is 32.1. The van der Waals surface area contributed by atoms with E-state index in [4.69, 9.17) is 10.2 Å². The van der Waals surface area contributed by atoms with Crippen LogP contribution >= 0.6 is 11.3 Å². The maximum Gasteiger partial charge on any atom is 0.326 e. The maximum absolute atomic E-state index is 11.7. The van der Waals surface area contributed by atoms with Crippen molar-refractivity contribution < 1.29 is 24.6 Å². The Morgan fingerprint density at radius 3 is 2.63 bits per heavy atom. The summed E-state index contributed by atoms with van der Waals surface area (Å²) in [5.74, 6) is -2.69. The number of amides is 2. The van der Waals surface area contributed by atoms with E-state index in [1.165, 1.54) is 23.3 Å². The molecule has 2 amide bonds. The molecule has 1 aromatic rings. The lowest BCUT2D eigenvalue weighted by Gasteiger charge is -2.19. The number of hydrogen-bond donors (Lipinski definition) is 3. The second-order valence-electron chi connectivity index (χ2n) is 3.77. The molecule has 0 aliphatic heterocycles. The summed E-state index contributed by atoms with van der Waals surface area (Å²) >= 11 is 1.38. The summed E-state index contributed by atoms with van der Waals surface area (Å²) < 4.78 is 0. The molecule has 0 aromatic carbocycles. The van der Waals surface area contributed by atoms with E-state index >= 15 is 0 Å². The Morgan fingerprint density at radius 1 is 1.47 bits per heavy atom. The number of nitrogens with one attached hydrogen (secondary N) is 1. The van der Waals surface area contributed by atoms with E-state index < -0.39 is 30.4 Å². The van der Waals surface area contributed by atoms with Gasteiger partial charge in [-0.15, -0.1) is 11.3 Å².